The number of amides is 1. The van der Waals surface area contributed by atoms with E-state index >= 15 is 4.39 Å². The smallest absolute Gasteiger partial charge is 0.228 e. The van der Waals surface area contributed by atoms with Crippen LogP contribution in [-0.2, 0) is 4.79 Å². The van der Waals surface area contributed by atoms with E-state index in [4.69, 9.17) is 20.9 Å². The van der Waals surface area contributed by atoms with Crippen LogP contribution >= 0.6 is 12.4 Å². The Balaban J connectivity index is 0.00000361. The van der Waals surface area contributed by atoms with E-state index in [0.717, 1.165) is 12.1 Å². The number of anilines is 2. The van der Waals surface area contributed by atoms with E-state index in [1.54, 1.807) is 9.80 Å². The minimum atomic E-state index is -1.01. The molecule has 1 saturated heterocycles. The quantitative estimate of drug-likeness (QED) is 0.503. The summed E-state index contributed by atoms with van der Waals surface area (Å²) in [5.74, 6) is -2.52. The van der Waals surface area contributed by atoms with Gasteiger partial charge in [0.05, 0.1) is 14.2 Å². The van der Waals surface area contributed by atoms with Gasteiger partial charge in [-0.3, -0.25) is 4.79 Å². The topological polar surface area (TPSA) is 120 Å². The fourth-order valence-corrected chi connectivity index (χ4v) is 4.01. The maximum Gasteiger partial charge on any atom is 0.228 e. The number of methoxy groups -OCH3 is 2. The van der Waals surface area contributed by atoms with Crippen molar-refractivity contribution < 1.29 is 27.4 Å². The fourth-order valence-electron chi connectivity index (χ4n) is 4.01. The van der Waals surface area contributed by atoms with Gasteiger partial charge < -0.3 is 30.7 Å². The van der Waals surface area contributed by atoms with Crippen LogP contribution in [0.4, 0.5) is 24.9 Å². The largest absolute Gasteiger partial charge is 0.493 e. The second-order valence-corrected chi connectivity index (χ2v) is 8.08. The molecular formula is C23H26ClF3N6O3. The third kappa shape index (κ3) is 5.19. The van der Waals surface area contributed by atoms with Crippen molar-refractivity contribution in [2.45, 2.75) is 12.5 Å². The molecule has 0 unspecified atom stereocenters. The van der Waals surface area contributed by atoms with Crippen LogP contribution in [0.25, 0.3) is 10.9 Å². The number of ether oxygens (including phenoxy) is 2. The zero-order chi connectivity index (χ0) is 25.3. The number of hydrogen-bond donors (Lipinski definition) is 2. The molecule has 1 amide bonds. The summed E-state index contributed by atoms with van der Waals surface area (Å²) in [6.07, 6.45) is -0.0582. The number of benzene rings is 2. The Hall–Kier alpha value is -3.51. The van der Waals surface area contributed by atoms with Crippen LogP contribution in [0.2, 0.25) is 0 Å². The summed E-state index contributed by atoms with van der Waals surface area (Å²) in [4.78, 5) is 24.8. The number of nitrogens with zero attached hydrogens (tertiary/aromatic N) is 4. The van der Waals surface area contributed by atoms with Gasteiger partial charge in [0.15, 0.2) is 29.0 Å². The summed E-state index contributed by atoms with van der Waals surface area (Å²) < 4.78 is 51.9. The minimum absolute atomic E-state index is 0. The van der Waals surface area contributed by atoms with E-state index in [1.807, 2.05) is 0 Å². The number of aromatic nitrogens is 2. The molecule has 1 aromatic heterocycles. The predicted molar refractivity (Wildman–Crippen MR) is 131 cm³/mol. The normalized spacial score (nSPS) is 14.4. The molecular weight excluding hydrogens is 501 g/mol. The molecule has 4 rings (SSSR count). The molecule has 0 saturated carbocycles. The summed E-state index contributed by atoms with van der Waals surface area (Å²) >= 11 is 0. The second kappa shape index (κ2) is 11.0. The monoisotopic (exact) mass is 526 g/mol. The predicted octanol–water partition coefficient (Wildman–Crippen LogP) is 2.81. The molecule has 1 aliphatic heterocycles. The average Bonchev–Trinajstić information content (AvgIpc) is 2.85. The summed E-state index contributed by atoms with van der Waals surface area (Å²) in [6, 6.07) is 4.09. The van der Waals surface area contributed by atoms with Crippen LogP contribution in [0.1, 0.15) is 18.0 Å². The number of carbonyl (C=O) groups excluding carboxylic acids is 1. The highest BCUT2D eigenvalue weighted by atomic mass is 35.5. The summed E-state index contributed by atoms with van der Waals surface area (Å²) in [5.41, 5.74) is 12.5. The summed E-state index contributed by atoms with van der Waals surface area (Å²) in [7, 11) is 2.72. The molecule has 2 aromatic carbocycles. The molecule has 13 heteroatoms. The lowest BCUT2D eigenvalue weighted by Gasteiger charge is -2.35. The molecule has 3 aromatic rings. The molecule has 1 atom stereocenters. The van der Waals surface area contributed by atoms with Crippen LogP contribution in [-0.4, -0.2) is 61.2 Å². The summed E-state index contributed by atoms with van der Waals surface area (Å²) in [6.45, 7) is 1.45. The third-order valence-electron chi connectivity index (χ3n) is 5.98. The first-order chi connectivity index (χ1) is 16.7. The van der Waals surface area contributed by atoms with Crippen LogP contribution in [0, 0.1) is 17.5 Å². The fraction of sp³-hybridized carbons (Fsp3) is 0.348. The van der Waals surface area contributed by atoms with Gasteiger partial charge in [0.25, 0.3) is 0 Å². The second-order valence-electron chi connectivity index (χ2n) is 8.08. The van der Waals surface area contributed by atoms with E-state index in [9.17, 15) is 13.6 Å². The highest BCUT2D eigenvalue weighted by Crippen LogP contribution is 2.37. The lowest BCUT2D eigenvalue weighted by molar-refractivity contribution is -0.131. The van der Waals surface area contributed by atoms with E-state index < -0.39 is 23.5 Å². The molecule has 2 heterocycles. The number of nitrogens with two attached hydrogens (primary N) is 2. The first-order valence-corrected chi connectivity index (χ1v) is 10.8. The van der Waals surface area contributed by atoms with Gasteiger partial charge in [-0.05, 0) is 23.8 Å². The van der Waals surface area contributed by atoms with Crippen molar-refractivity contribution in [2.75, 3.05) is 51.0 Å². The van der Waals surface area contributed by atoms with Gasteiger partial charge in [-0.1, -0.05) is 6.07 Å². The Morgan fingerprint density at radius 1 is 1.06 bits per heavy atom. The lowest BCUT2D eigenvalue weighted by Crippen LogP contribution is -2.49. The van der Waals surface area contributed by atoms with Gasteiger partial charge >= 0.3 is 0 Å². The first-order valence-electron chi connectivity index (χ1n) is 10.8. The van der Waals surface area contributed by atoms with E-state index in [-0.39, 0.29) is 53.5 Å². The van der Waals surface area contributed by atoms with Crippen molar-refractivity contribution in [2.24, 2.45) is 5.73 Å². The average molecular weight is 527 g/mol. The number of halogens is 4. The van der Waals surface area contributed by atoms with Gasteiger partial charge in [-0.25, -0.2) is 18.2 Å². The van der Waals surface area contributed by atoms with Crippen molar-refractivity contribution in [1.29, 1.82) is 0 Å². The zero-order valence-corrected chi connectivity index (χ0v) is 20.4. The Morgan fingerprint density at radius 2 is 1.75 bits per heavy atom. The molecule has 194 valence electrons. The van der Waals surface area contributed by atoms with E-state index in [0.29, 0.717) is 37.1 Å². The number of piperazine rings is 1. The first kappa shape index (κ1) is 27.1. The van der Waals surface area contributed by atoms with Crippen LogP contribution < -0.4 is 25.8 Å². The van der Waals surface area contributed by atoms with Crippen molar-refractivity contribution in [3.8, 4) is 11.5 Å². The molecule has 0 aliphatic carbocycles. The SMILES string of the molecule is COc1cc2c(N)nc(N3CCN(C(=O)C[C@@H](N)c4ccc(F)c(F)c4)CC3)nc2c(F)c1OC.Cl. The van der Waals surface area contributed by atoms with Gasteiger partial charge in [-0.2, -0.15) is 4.98 Å². The highest BCUT2D eigenvalue weighted by molar-refractivity contribution is 5.92. The Labute approximate surface area is 211 Å². The van der Waals surface area contributed by atoms with Gasteiger partial charge in [-0.15, -0.1) is 12.4 Å². The molecule has 0 bridgehead atoms. The van der Waals surface area contributed by atoms with Crippen LogP contribution in [0.3, 0.4) is 0 Å². The number of hydrogen-bond acceptors (Lipinski definition) is 8. The molecule has 1 fully saturated rings. The van der Waals surface area contributed by atoms with E-state index in [1.165, 1.54) is 26.4 Å². The highest BCUT2D eigenvalue weighted by Gasteiger charge is 2.26. The molecule has 1 aliphatic rings. The van der Waals surface area contributed by atoms with Crippen molar-refractivity contribution >= 4 is 41.0 Å². The van der Waals surface area contributed by atoms with Gasteiger partial charge in [0.2, 0.25) is 11.9 Å². The zero-order valence-electron chi connectivity index (χ0n) is 19.6. The number of fused-ring (bicyclic) bond motifs is 1. The Bertz CT molecular complexity index is 1270. The van der Waals surface area contributed by atoms with Gasteiger partial charge in [0, 0.05) is 44.0 Å². The number of carbonyl (C=O) groups is 1. The molecule has 4 N–H and O–H groups in total. The standard InChI is InChI=1S/C23H25F3N6O3.ClH/c1-34-17-10-13-20(19(26)21(17)35-2)29-23(30-22(13)28)32-7-5-31(6-8-32)18(33)11-16(27)12-3-4-14(24)15(25)9-12;/h3-4,9-10,16H,5-8,11,27H2,1-2H3,(H2,28,29,30);1H/t16-;/m1./s1. The summed E-state index contributed by atoms with van der Waals surface area (Å²) in [5, 5.41) is 0.295. The Kier molecular flexibility index (Phi) is 8.31. The maximum absolute atomic E-state index is 15.0. The van der Waals surface area contributed by atoms with Crippen molar-refractivity contribution in [3.05, 3.63) is 47.3 Å². The van der Waals surface area contributed by atoms with Crippen molar-refractivity contribution in [1.82, 2.24) is 14.9 Å². The molecule has 0 spiro atoms. The molecule has 36 heavy (non-hydrogen) atoms. The lowest BCUT2D eigenvalue weighted by atomic mass is 10.0. The minimum Gasteiger partial charge on any atom is -0.493 e. The Morgan fingerprint density at radius 3 is 2.36 bits per heavy atom. The van der Waals surface area contributed by atoms with Crippen molar-refractivity contribution in [3.63, 3.8) is 0 Å². The van der Waals surface area contributed by atoms with Crippen LogP contribution in [0.15, 0.2) is 24.3 Å². The van der Waals surface area contributed by atoms with Gasteiger partial charge in [0.1, 0.15) is 11.3 Å². The molecule has 0 radical (unpaired) electrons. The maximum atomic E-state index is 15.0. The third-order valence-corrected chi connectivity index (χ3v) is 5.98. The molecule has 9 nitrogen and oxygen atoms in total. The van der Waals surface area contributed by atoms with Crippen LogP contribution in [0.5, 0.6) is 11.5 Å². The van der Waals surface area contributed by atoms with E-state index in [2.05, 4.69) is 9.97 Å². The number of rotatable bonds is 6. The number of nitrogen functional groups attached to an aromatic ring is 1.